The lowest BCUT2D eigenvalue weighted by atomic mass is 9.87. The number of hydrogen-bond donors (Lipinski definition) is 1. The molecule has 2 aliphatic rings. The molecule has 0 aromatic rings. The number of ether oxygens (including phenoxy) is 1. The molecule has 2 fully saturated rings. The van der Waals surface area contributed by atoms with Gasteiger partial charge >= 0.3 is 5.97 Å². The summed E-state index contributed by atoms with van der Waals surface area (Å²) in [6, 6.07) is 0. The number of nitrogens with one attached hydrogen (secondary N) is 1. The fraction of sp³-hybridized carbons (Fsp3) is 0.917. The zero-order valence-corrected chi connectivity index (χ0v) is 10.3. The number of methoxy groups -OCH3 is 1. The Morgan fingerprint density at radius 3 is 2.50 bits per heavy atom. The summed E-state index contributed by atoms with van der Waals surface area (Å²) < 4.78 is 5.06. The quantitative estimate of drug-likeness (QED) is 0.714. The molecule has 2 rings (SSSR count). The van der Waals surface area contributed by atoms with Crippen molar-refractivity contribution in [1.82, 2.24) is 10.2 Å². The highest BCUT2D eigenvalue weighted by atomic mass is 16.5. The molecule has 1 N–H and O–H groups in total. The molecular weight excluding hydrogens is 204 g/mol. The van der Waals surface area contributed by atoms with E-state index < -0.39 is 0 Å². The van der Waals surface area contributed by atoms with Crippen molar-refractivity contribution in [2.75, 3.05) is 33.3 Å². The van der Waals surface area contributed by atoms with Gasteiger partial charge in [-0.1, -0.05) is 6.92 Å². The first-order valence-corrected chi connectivity index (χ1v) is 6.30. The monoisotopic (exact) mass is 226 g/mol. The minimum atomic E-state index is -0.336. The summed E-state index contributed by atoms with van der Waals surface area (Å²) in [7, 11) is 1.51. The standard InChI is InChI=1S/C12H22N2O2/c1-3-12(10-4-5-10,11(15)16-2)14-8-6-13-7-9-14/h10,13H,3-9H2,1-2H3. The highest BCUT2D eigenvalue weighted by Gasteiger charge is 2.54. The second-order valence-corrected chi connectivity index (χ2v) is 4.78. The van der Waals surface area contributed by atoms with Gasteiger partial charge in [-0.05, 0) is 25.2 Å². The summed E-state index contributed by atoms with van der Waals surface area (Å²) >= 11 is 0. The third kappa shape index (κ3) is 1.84. The van der Waals surface area contributed by atoms with Crippen LogP contribution in [0, 0.1) is 5.92 Å². The lowest BCUT2D eigenvalue weighted by molar-refractivity contribution is -0.158. The van der Waals surface area contributed by atoms with Gasteiger partial charge in [-0.15, -0.1) is 0 Å². The largest absolute Gasteiger partial charge is 0.468 e. The van der Waals surface area contributed by atoms with E-state index in [0.29, 0.717) is 5.92 Å². The number of nitrogens with zero attached hydrogens (tertiary/aromatic N) is 1. The molecule has 1 saturated carbocycles. The lowest BCUT2D eigenvalue weighted by Gasteiger charge is -2.43. The van der Waals surface area contributed by atoms with Crippen LogP contribution in [0.1, 0.15) is 26.2 Å². The van der Waals surface area contributed by atoms with Crippen LogP contribution in [0.2, 0.25) is 0 Å². The molecule has 0 radical (unpaired) electrons. The predicted molar refractivity (Wildman–Crippen MR) is 62.2 cm³/mol. The van der Waals surface area contributed by atoms with Crippen molar-refractivity contribution in [3.63, 3.8) is 0 Å². The highest BCUT2D eigenvalue weighted by molar-refractivity contribution is 5.81. The zero-order valence-electron chi connectivity index (χ0n) is 10.3. The first-order chi connectivity index (χ1) is 7.75. The van der Waals surface area contributed by atoms with Gasteiger partial charge in [0.15, 0.2) is 0 Å². The number of carbonyl (C=O) groups excluding carboxylic acids is 1. The molecule has 1 saturated heterocycles. The van der Waals surface area contributed by atoms with Gasteiger partial charge in [0.1, 0.15) is 5.54 Å². The predicted octanol–water partition coefficient (Wildman–Crippen LogP) is 0.623. The van der Waals surface area contributed by atoms with Gasteiger partial charge in [0.2, 0.25) is 0 Å². The van der Waals surface area contributed by atoms with Gasteiger partial charge in [-0.2, -0.15) is 0 Å². The topological polar surface area (TPSA) is 41.6 Å². The highest BCUT2D eigenvalue weighted by Crippen LogP contribution is 2.46. The van der Waals surface area contributed by atoms with Crippen molar-refractivity contribution in [2.45, 2.75) is 31.7 Å². The van der Waals surface area contributed by atoms with Crippen LogP contribution in [0.3, 0.4) is 0 Å². The van der Waals surface area contributed by atoms with Crippen LogP contribution in [-0.2, 0) is 9.53 Å². The van der Waals surface area contributed by atoms with Crippen LogP contribution in [-0.4, -0.2) is 49.7 Å². The van der Waals surface area contributed by atoms with Gasteiger partial charge < -0.3 is 10.1 Å². The normalized spacial score (nSPS) is 26.1. The molecule has 1 heterocycles. The fourth-order valence-corrected chi connectivity index (χ4v) is 3.01. The van der Waals surface area contributed by atoms with Crippen molar-refractivity contribution in [1.29, 1.82) is 0 Å². The maximum absolute atomic E-state index is 12.2. The van der Waals surface area contributed by atoms with Gasteiger partial charge in [0.05, 0.1) is 7.11 Å². The van der Waals surface area contributed by atoms with E-state index in [1.807, 2.05) is 0 Å². The summed E-state index contributed by atoms with van der Waals surface area (Å²) in [5.41, 5.74) is -0.336. The Morgan fingerprint density at radius 1 is 1.44 bits per heavy atom. The molecule has 1 aliphatic carbocycles. The summed E-state index contributed by atoms with van der Waals surface area (Å²) in [5.74, 6) is 0.488. The minimum Gasteiger partial charge on any atom is -0.468 e. The number of rotatable bonds is 4. The molecule has 0 aromatic heterocycles. The Balaban J connectivity index is 2.20. The summed E-state index contributed by atoms with van der Waals surface area (Å²) in [5, 5.41) is 3.33. The maximum atomic E-state index is 12.2. The molecule has 16 heavy (non-hydrogen) atoms. The second-order valence-electron chi connectivity index (χ2n) is 4.78. The molecular formula is C12H22N2O2. The molecule has 0 spiro atoms. The van der Waals surface area contributed by atoms with E-state index in [1.165, 1.54) is 20.0 Å². The molecule has 0 aromatic carbocycles. The van der Waals surface area contributed by atoms with Crippen molar-refractivity contribution >= 4 is 5.97 Å². The van der Waals surface area contributed by atoms with Crippen LogP contribution < -0.4 is 5.32 Å². The van der Waals surface area contributed by atoms with E-state index in [9.17, 15) is 4.79 Å². The minimum absolute atomic E-state index is 0.0283. The van der Waals surface area contributed by atoms with Crippen LogP contribution in [0.15, 0.2) is 0 Å². The van der Waals surface area contributed by atoms with Crippen molar-refractivity contribution < 1.29 is 9.53 Å². The fourth-order valence-electron chi connectivity index (χ4n) is 3.01. The van der Waals surface area contributed by atoms with Crippen LogP contribution >= 0.6 is 0 Å². The summed E-state index contributed by atoms with van der Waals surface area (Å²) in [6.45, 7) is 5.98. The molecule has 0 bridgehead atoms. The molecule has 0 amide bonds. The van der Waals surface area contributed by atoms with Crippen molar-refractivity contribution in [2.24, 2.45) is 5.92 Å². The van der Waals surface area contributed by atoms with Crippen molar-refractivity contribution in [3.05, 3.63) is 0 Å². The Labute approximate surface area is 97.3 Å². The van der Waals surface area contributed by atoms with Crippen LogP contribution in [0.4, 0.5) is 0 Å². The van der Waals surface area contributed by atoms with E-state index in [1.54, 1.807) is 0 Å². The first kappa shape index (κ1) is 11.9. The molecule has 1 unspecified atom stereocenters. The molecule has 4 heteroatoms. The summed E-state index contributed by atoms with van der Waals surface area (Å²) in [4.78, 5) is 14.5. The van der Waals surface area contributed by atoms with E-state index >= 15 is 0 Å². The smallest absolute Gasteiger partial charge is 0.326 e. The molecule has 1 aliphatic heterocycles. The molecule has 4 nitrogen and oxygen atoms in total. The molecule has 1 atom stereocenters. The average Bonchev–Trinajstić information content (AvgIpc) is 3.16. The third-order valence-electron chi connectivity index (χ3n) is 4.01. The van der Waals surface area contributed by atoms with Crippen LogP contribution in [0.5, 0.6) is 0 Å². The van der Waals surface area contributed by atoms with Gasteiger partial charge in [0.25, 0.3) is 0 Å². The number of piperazine rings is 1. The zero-order chi connectivity index (χ0) is 11.6. The molecule has 92 valence electrons. The van der Waals surface area contributed by atoms with Crippen LogP contribution in [0.25, 0.3) is 0 Å². The third-order valence-corrected chi connectivity index (χ3v) is 4.01. The van der Waals surface area contributed by atoms with Crippen molar-refractivity contribution in [3.8, 4) is 0 Å². The van der Waals surface area contributed by atoms with E-state index in [0.717, 1.165) is 32.6 Å². The van der Waals surface area contributed by atoms with Gasteiger partial charge in [0, 0.05) is 26.2 Å². The Morgan fingerprint density at radius 2 is 2.06 bits per heavy atom. The van der Waals surface area contributed by atoms with Gasteiger partial charge in [-0.3, -0.25) is 9.69 Å². The van der Waals surface area contributed by atoms with Gasteiger partial charge in [-0.25, -0.2) is 0 Å². The lowest BCUT2D eigenvalue weighted by Crippen LogP contribution is -2.61. The first-order valence-electron chi connectivity index (χ1n) is 6.30. The number of hydrogen-bond acceptors (Lipinski definition) is 4. The van der Waals surface area contributed by atoms with E-state index in [-0.39, 0.29) is 11.5 Å². The van der Waals surface area contributed by atoms with E-state index in [2.05, 4.69) is 17.1 Å². The number of carbonyl (C=O) groups is 1. The number of esters is 1. The Bertz CT molecular complexity index is 260. The maximum Gasteiger partial charge on any atom is 0.326 e. The average molecular weight is 226 g/mol. The summed E-state index contributed by atoms with van der Waals surface area (Å²) in [6.07, 6.45) is 3.21. The Hall–Kier alpha value is -0.610. The van der Waals surface area contributed by atoms with E-state index in [4.69, 9.17) is 4.74 Å². The Kier molecular flexibility index (Phi) is 3.50. The SMILES string of the molecule is CCC(C(=O)OC)(C1CC1)N1CCNCC1. The second kappa shape index (κ2) is 4.72.